The van der Waals surface area contributed by atoms with E-state index in [-0.39, 0.29) is 37.3 Å². The van der Waals surface area contributed by atoms with Crippen LogP contribution >= 0.6 is 0 Å². The van der Waals surface area contributed by atoms with Crippen LogP contribution in [-0.4, -0.2) is 60.0 Å². The first-order chi connectivity index (χ1) is 14.8. The number of hydrogen-bond donors (Lipinski definition) is 5. The monoisotopic (exact) mass is 432 g/mol. The van der Waals surface area contributed by atoms with E-state index in [2.05, 4.69) is 21.3 Å². The summed E-state index contributed by atoms with van der Waals surface area (Å²) < 4.78 is 0. The van der Waals surface area contributed by atoms with E-state index in [4.69, 9.17) is 0 Å². The third-order valence-electron chi connectivity index (χ3n) is 5.06. The number of nitrogens with one attached hydrogen (secondary N) is 4. The molecule has 9 heteroatoms. The normalized spacial score (nSPS) is 17.6. The molecule has 3 amide bonds. The molecule has 0 aliphatic carbocycles. The topological polar surface area (TPSA) is 137 Å². The number of amides is 3. The Balaban J connectivity index is 2.01. The SMILES string of the molecule is CC(C)C[C@H](NC(=O)[C@H](Cc1ccccc1)NC(=O)CNC(=O)[C@@H]1CCCN1)C(=O)O. The smallest absolute Gasteiger partial charge is 0.326 e. The standard InChI is InChI=1S/C22H32N4O5/c1-14(2)11-18(22(30)31)26-21(29)17(12-15-7-4-3-5-8-15)25-19(27)13-24-20(28)16-9-6-10-23-16/h3-5,7-8,14,16-18,23H,6,9-13H2,1-2H3,(H,24,28)(H,25,27)(H,26,29)(H,30,31)/t16-,17-,18-/m0/s1. The molecule has 1 aromatic carbocycles. The maximum Gasteiger partial charge on any atom is 0.326 e. The third-order valence-corrected chi connectivity index (χ3v) is 5.06. The molecule has 1 aliphatic heterocycles. The van der Waals surface area contributed by atoms with E-state index in [9.17, 15) is 24.3 Å². The molecule has 0 saturated carbocycles. The Morgan fingerprint density at radius 1 is 1.10 bits per heavy atom. The second-order valence-electron chi connectivity index (χ2n) is 8.21. The van der Waals surface area contributed by atoms with Gasteiger partial charge in [-0.2, -0.15) is 0 Å². The minimum Gasteiger partial charge on any atom is -0.480 e. The van der Waals surface area contributed by atoms with Gasteiger partial charge >= 0.3 is 5.97 Å². The van der Waals surface area contributed by atoms with Gasteiger partial charge in [-0.25, -0.2) is 4.79 Å². The van der Waals surface area contributed by atoms with E-state index in [1.54, 1.807) is 0 Å². The Hall–Kier alpha value is -2.94. The summed E-state index contributed by atoms with van der Waals surface area (Å²) in [5.74, 6) is -2.39. The number of carboxylic acid groups (broad SMARTS) is 1. The van der Waals surface area contributed by atoms with Crippen LogP contribution in [0.2, 0.25) is 0 Å². The van der Waals surface area contributed by atoms with Crippen molar-refractivity contribution in [3.63, 3.8) is 0 Å². The van der Waals surface area contributed by atoms with E-state index in [1.807, 2.05) is 44.2 Å². The van der Waals surface area contributed by atoms with Gasteiger partial charge in [0.05, 0.1) is 12.6 Å². The van der Waals surface area contributed by atoms with Crippen molar-refractivity contribution in [3.8, 4) is 0 Å². The Labute approximate surface area is 182 Å². The van der Waals surface area contributed by atoms with Crippen LogP contribution in [0, 0.1) is 5.92 Å². The van der Waals surface area contributed by atoms with Crippen molar-refractivity contribution in [1.82, 2.24) is 21.3 Å². The number of carbonyl (C=O) groups is 4. The molecule has 5 N–H and O–H groups in total. The first-order valence-electron chi connectivity index (χ1n) is 10.6. The zero-order valence-corrected chi connectivity index (χ0v) is 18.0. The number of hydrogen-bond acceptors (Lipinski definition) is 5. The van der Waals surface area contributed by atoms with Gasteiger partial charge in [0.15, 0.2) is 0 Å². The van der Waals surface area contributed by atoms with Gasteiger partial charge in [0.1, 0.15) is 12.1 Å². The molecule has 1 saturated heterocycles. The van der Waals surface area contributed by atoms with Crippen LogP contribution in [0.15, 0.2) is 30.3 Å². The highest BCUT2D eigenvalue weighted by atomic mass is 16.4. The molecule has 2 rings (SSSR count). The Bertz CT molecular complexity index is 762. The van der Waals surface area contributed by atoms with Crippen LogP contribution < -0.4 is 21.3 Å². The molecule has 9 nitrogen and oxygen atoms in total. The largest absolute Gasteiger partial charge is 0.480 e. The van der Waals surface area contributed by atoms with Gasteiger partial charge in [-0.3, -0.25) is 14.4 Å². The summed E-state index contributed by atoms with van der Waals surface area (Å²) in [6.07, 6.45) is 2.10. The van der Waals surface area contributed by atoms with E-state index in [0.29, 0.717) is 0 Å². The van der Waals surface area contributed by atoms with E-state index >= 15 is 0 Å². The van der Waals surface area contributed by atoms with Gasteiger partial charge in [0.2, 0.25) is 17.7 Å². The predicted molar refractivity (Wildman–Crippen MR) is 115 cm³/mol. The number of rotatable bonds is 11. The molecule has 170 valence electrons. The molecular formula is C22H32N4O5. The summed E-state index contributed by atoms with van der Waals surface area (Å²) in [7, 11) is 0. The molecule has 1 aromatic rings. The lowest BCUT2D eigenvalue weighted by Crippen LogP contribution is -2.54. The number of benzene rings is 1. The maximum atomic E-state index is 12.8. The van der Waals surface area contributed by atoms with Gasteiger partial charge in [0, 0.05) is 6.42 Å². The fraction of sp³-hybridized carbons (Fsp3) is 0.545. The second kappa shape index (κ2) is 12.0. The molecule has 0 bridgehead atoms. The van der Waals surface area contributed by atoms with Gasteiger partial charge in [-0.05, 0) is 37.3 Å². The van der Waals surface area contributed by atoms with Crippen molar-refractivity contribution >= 4 is 23.7 Å². The lowest BCUT2D eigenvalue weighted by atomic mass is 10.0. The van der Waals surface area contributed by atoms with E-state index in [0.717, 1.165) is 24.9 Å². The molecule has 0 unspecified atom stereocenters. The Morgan fingerprint density at radius 2 is 1.81 bits per heavy atom. The molecule has 1 heterocycles. The van der Waals surface area contributed by atoms with Crippen LogP contribution in [0.4, 0.5) is 0 Å². The molecule has 31 heavy (non-hydrogen) atoms. The molecule has 0 aromatic heterocycles. The highest BCUT2D eigenvalue weighted by molar-refractivity contribution is 5.92. The predicted octanol–water partition coefficient (Wildman–Crippen LogP) is 0.198. The third kappa shape index (κ3) is 8.37. The number of aliphatic carboxylic acids is 1. The summed E-state index contributed by atoms with van der Waals surface area (Å²) in [5.41, 5.74) is 0.817. The van der Waals surface area contributed by atoms with Crippen molar-refractivity contribution < 1.29 is 24.3 Å². The van der Waals surface area contributed by atoms with Crippen LogP contribution in [0.1, 0.15) is 38.7 Å². The molecule has 1 fully saturated rings. The van der Waals surface area contributed by atoms with Crippen LogP contribution in [0.3, 0.4) is 0 Å². The van der Waals surface area contributed by atoms with Crippen LogP contribution in [0.5, 0.6) is 0 Å². The maximum absolute atomic E-state index is 12.8. The molecular weight excluding hydrogens is 400 g/mol. The summed E-state index contributed by atoms with van der Waals surface area (Å²) in [4.78, 5) is 48.9. The van der Waals surface area contributed by atoms with Crippen molar-refractivity contribution in [2.75, 3.05) is 13.1 Å². The van der Waals surface area contributed by atoms with Crippen LogP contribution in [-0.2, 0) is 25.6 Å². The molecule has 0 radical (unpaired) electrons. The summed E-state index contributed by atoms with van der Waals surface area (Å²) >= 11 is 0. The summed E-state index contributed by atoms with van der Waals surface area (Å²) in [5, 5.41) is 20.2. The number of carbonyl (C=O) groups excluding carboxylic acids is 3. The fourth-order valence-corrected chi connectivity index (χ4v) is 3.47. The van der Waals surface area contributed by atoms with Crippen molar-refractivity contribution in [2.45, 2.75) is 57.7 Å². The Morgan fingerprint density at radius 3 is 2.39 bits per heavy atom. The lowest BCUT2D eigenvalue weighted by molar-refractivity contribution is -0.142. The minimum atomic E-state index is -1.12. The Kier molecular flexibility index (Phi) is 9.45. The van der Waals surface area contributed by atoms with E-state index < -0.39 is 29.9 Å². The van der Waals surface area contributed by atoms with E-state index in [1.165, 1.54) is 0 Å². The highest BCUT2D eigenvalue weighted by Crippen LogP contribution is 2.08. The zero-order chi connectivity index (χ0) is 22.8. The van der Waals surface area contributed by atoms with Crippen LogP contribution in [0.25, 0.3) is 0 Å². The molecule has 3 atom stereocenters. The van der Waals surface area contributed by atoms with Gasteiger partial charge in [-0.15, -0.1) is 0 Å². The summed E-state index contributed by atoms with van der Waals surface area (Å²) in [6.45, 7) is 4.25. The average molecular weight is 433 g/mol. The lowest BCUT2D eigenvalue weighted by Gasteiger charge is -2.23. The van der Waals surface area contributed by atoms with Gasteiger partial charge < -0.3 is 26.4 Å². The highest BCUT2D eigenvalue weighted by Gasteiger charge is 2.28. The van der Waals surface area contributed by atoms with Crippen molar-refractivity contribution in [1.29, 1.82) is 0 Å². The second-order valence-corrected chi connectivity index (χ2v) is 8.21. The minimum absolute atomic E-state index is 0.0722. The van der Waals surface area contributed by atoms with Gasteiger partial charge in [-0.1, -0.05) is 44.2 Å². The zero-order valence-electron chi connectivity index (χ0n) is 18.0. The fourth-order valence-electron chi connectivity index (χ4n) is 3.47. The first kappa shape index (κ1) is 24.3. The van der Waals surface area contributed by atoms with Crippen molar-refractivity contribution in [2.24, 2.45) is 5.92 Å². The first-order valence-corrected chi connectivity index (χ1v) is 10.6. The molecule has 1 aliphatic rings. The summed E-state index contributed by atoms with van der Waals surface area (Å²) in [6, 6.07) is 6.81. The average Bonchev–Trinajstić information content (AvgIpc) is 3.26. The van der Waals surface area contributed by atoms with Crippen molar-refractivity contribution in [3.05, 3.63) is 35.9 Å². The quantitative estimate of drug-likeness (QED) is 0.339. The number of carboxylic acids is 1. The van der Waals surface area contributed by atoms with Gasteiger partial charge in [0.25, 0.3) is 0 Å². The molecule has 0 spiro atoms.